The number of esters is 1. The maximum atomic E-state index is 13.6. The number of para-hydroxylation sites is 2. The lowest BCUT2D eigenvalue weighted by Crippen LogP contribution is -2.46. The van der Waals surface area contributed by atoms with Crippen LogP contribution in [0.15, 0.2) is 126 Å². The van der Waals surface area contributed by atoms with Gasteiger partial charge in [-0.25, -0.2) is 18.9 Å². The summed E-state index contributed by atoms with van der Waals surface area (Å²) >= 11 is 0. The van der Waals surface area contributed by atoms with Gasteiger partial charge in [0.15, 0.2) is 6.73 Å². The Bertz CT molecular complexity index is 2040. The highest BCUT2D eigenvalue weighted by molar-refractivity contribution is 5.79. The van der Waals surface area contributed by atoms with Crippen LogP contribution >= 0.6 is 0 Å². The molecule has 2 aromatic carbocycles. The molecule has 10 heteroatoms. The summed E-state index contributed by atoms with van der Waals surface area (Å²) in [6.45, 7) is 4.13. The number of carbonyl (C=O) groups excluding carboxylic acids is 1. The Kier molecular flexibility index (Phi) is 17.6. The number of unbranched alkanes of at least 4 members (excludes halogenated alkanes) is 3. The van der Waals surface area contributed by atoms with Crippen LogP contribution in [0.4, 0.5) is 16.3 Å². The van der Waals surface area contributed by atoms with Crippen molar-refractivity contribution >= 4 is 28.9 Å². The van der Waals surface area contributed by atoms with Gasteiger partial charge in [-0.2, -0.15) is 0 Å². The lowest BCUT2D eigenvalue weighted by molar-refractivity contribution is -0.147. The molecule has 302 valence electrons. The van der Waals surface area contributed by atoms with Gasteiger partial charge < -0.3 is 19.1 Å². The second-order valence-electron chi connectivity index (χ2n) is 14.4. The number of carbonyl (C=O) groups is 1. The number of piperidine rings is 1. The molecule has 0 unspecified atom stereocenters. The van der Waals surface area contributed by atoms with E-state index in [1.54, 1.807) is 0 Å². The first kappa shape index (κ1) is 42.6. The van der Waals surface area contributed by atoms with Crippen LogP contribution in [0.5, 0.6) is 0 Å². The first-order chi connectivity index (χ1) is 27.9. The van der Waals surface area contributed by atoms with E-state index >= 15 is 0 Å². The normalized spacial score (nSPS) is 14.1. The third-order valence-electron chi connectivity index (χ3n) is 10.2. The molecule has 2 aromatic heterocycles. The molecule has 3 heterocycles. The number of anilines is 2. The monoisotopic (exact) mass is 774 g/mol. The summed E-state index contributed by atoms with van der Waals surface area (Å²) in [6, 6.07) is 16.2. The quantitative estimate of drug-likeness (QED) is 0.0447. The van der Waals surface area contributed by atoms with Crippen molar-refractivity contribution in [1.82, 2.24) is 19.1 Å². The second-order valence-corrected chi connectivity index (χ2v) is 14.4. The molecular weight excluding hydrogens is 716 g/mol. The van der Waals surface area contributed by atoms with Gasteiger partial charge in [-0.3, -0.25) is 9.59 Å². The first-order valence-electron chi connectivity index (χ1n) is 20.6. The molecule has 0 spiro atoms. The van der Waals surface area contributed by atoms with E-state index in [9.17, 15) is 14.0 Å². The van der Waals surface area contributed by atoms with Gasteiger partial charge in [-0.1, -0.05) is 105 Å². The van der Waals surface area contributed by atoms with Gasteiger partial charge in [0.1, 0.15) is 5.82 Å². The Hall–Kier alpha value is -5.51. The number of hydrogen-bond acceptors (Lipinski definition) is 7. The van der Waals surface area contributed by atoms with Gasteiger partial charge in [-0.05, 0) is 87.6 Å². The molecule has 5 rings (SSSR count). The number of allylic oxidation sites excluding steroid dienone is 10. The molecule has 57 heavy (non-hydrogen) atoms. The number of rotatable bonds is 22. The third kappa shape index (κ3) is 13.6. The van der Waals surface area contributed by atoms with Crippen LogP contribution in [0.2, 0.25) is 0 Å². The SMILES string of the molecule is CCCCC/C=C\C/C=C\C/C=C\C/C=C\C/C=C\CCC(=O)OCn1c(N(C)C2CCN(c3nc4ccccc4n3Cc3ccc(F)cc3)CC2)nccc1=O. The zero-order chi connectivity index (χ0) is 40.1. The van der Waals surface area contributed by atoms with Crippen LogP contribution in [0, 0.1) is 5.82 Å². The summed E-state index contributed by atoms with van der Waals surface area (Å²) < 4.78 is 22.8. The van der Waals surface area contributed by atoms with Gasteiger partial charge in [-0.15, -0.1) is 0 Å². The fourth-order valence-corrected chi connectivity index (χ4v) is 6.92. The van der Waals surface area contributed by atoms with Crippen molar-refractivity contribution in [3.05, 3.63) is 143 Å². The average Bonchev–Trinajstić information content (AvgIpc) is 3.59. The molecule has 0 radical (unpaired) electrons. The Morgan fingerprint density at radius 1 is 0.825 bits per heavy atom. The minimum absolute atomic E-state index is 0.113. The number of fused-ring (bicyclic) bond motifs is 1. The van der Waals surface area contributed by atoms with Crippen molar-refractivity contribution in [2.75, 3.05) is 29.9 Å². The van der Waals surface area contributed by atoms with Crippen LogP contribution in [0.25, 0.3) is 11.0 Å². The Morgan fingerprint density at radius 2 is 1.46 bits per heavy atom. The van der Waals surface area contributed by atoms with Crippen LogP contribution in [0.1, 0.15) is 89.5 Å². The smallest absolute Gasteiger partial charge is 0.307 e. The minimum atomic E-state index is -0.362. The molecule has 0 saturated carbocycles. The van der Waals surface area contributed by atoms with Crippen molar-refractivity contribution in [3.63, 3.8) is 0 Å². The highest BCUT2D eigenvalue weighted by atomic mass is 19.1. The molecular formula is C47H59FN6O3. The lowest BCUT2D eigenvalue weighted by atomic mass is 10.0. The zero-order valence-corrected chi connectivity index (χ0v) is 33.7. The zero-order valence-electron chi connectivity index (χ0n) is 33.7. The molecule has 1 aliphatic heterocycles. The summed E-state index contributed by atoms with van der Waals surface area (Å²) in [4.78, 5) is 39.4. The molecule has 1 aliphatic rings. The number of aromatic nitrogens is 4. The van der Waals surface area contributed by atoms with E-state index in [2.05, 4.69) is 82.1 Å². The summed E-state index contributed by atoms with van der Waals surface area (Å²) in [5, 5.41) is 0. The van der Waals surface area contributed by atoms with Crippen LogP contribution < -0.4 is 15.4 Å². The molecule has 0 aliphatic carbocycles. The van der Waals surface area contributed by atoms with Gasteiger partial charge in [0, 0.05) is 44.9 Å². The van der Waals surface area contributed by atoms with Crippen molar-refractivity contribution < 1.29 is 13.9 Å². The van der Waals surface area contributed by atoms with Crippen molar-refractivity contribution in [2.45, 2.75) is 103 Å². The maximum absolute atomic E-state index is 13.6. The number of nitrogens with zero attached hydrogens (tertiary/aromatic N) is 6. The molecule has 9 nitrogen and oxygen atoms in total. The number of halogens is 1. The van der Waals surface area contributed by atoms with Crippen molar-refractivity contribution in [3.8, 4) is 0 Å². The standard InChI is InChI=1S/C47H59FN6O3/c1-3-4-5-6-7-8-9-10-11-12-13-14-15-16-17-18-19-20-21-26-45(56)57-38-54-44(55)31-34-49-46(54)51(2)41-32-35-52(36-33-41)47-50-42-24-22-23-25-43(42)53(47)37-39-27-29-40(48)30-28-39/h7-8,10-11,13-14,16-17,19-20,22-25,27-31,34,41H,3-6,9,12,15,18,21,26,32-33,35-38H2,1-2H3/b8-7-,11-10-,14-13-,17-16-,20-19-. The average molecular weight is 775 g/mol. The Labute approximate surface area is 337 Å². The van der Waals surface area contributed by atoms with Crippen molar-refractivity contribution in [2.24, 2.45) is 0 Å². The molecule has 1 saturated heterocycles. The highest BCUT2D eigenvalue weighted by Gasteiger charge is 2.28. The van der Waals surface area contributed by atoms with Gasteiger partial charge in [0.25, 0.3) is 5.56 Å². The van der Waals surface area contributed by atoms with E-state index in [1.165, 1.54) is 54.6 Å². The number of ether oxygens (including phenoxy) is 1. The number of benzene rings is 2. The van der Waals surface area contributed by atoms with Crippen LogP contribution in [0.3, 0.4) is 0 Å². The first-order valence-corrected chi connectivity index (χ1v) is 20.6. The molecule has 0 atom stereocenters. The predicted octanol–water partition coefficient (Wildman–Crippen LogP) is 10.1. The largest absolute Gasteiger partial charge is 0.444 e. The Morgan fingerprint density at radius 3 is 2.12 bits per heavy atom. The van der Waals surface area contributed by atoms with E-state index in [-0.39, 0.29) is 36.5 Å². The minimum Gasteiger partial charge on any atom is -0.444 e. The highest BCUT2D eigenvalue weighted by Crippen LogP contribution is 2.28. The predicted molar refractivity (Wildman–Crippen MR) is 231 cm³/mol. The van der Waals surface area contributed by atoms with Gasteiger partial charge in [0.05, 0.1) is 17.6 Å². The summed E-state index contributed by atoms with van der Waals surface area (Å²) in [5.74, 6) is 0.734. The number of imidazole rings is 1. The fraction of sp³-hybridized carbons (Fsp3) is 0.404. The molecule has 4 aromatic rings. The van der Waals surface area contributed by atoms with E-state index in [0.717, 1.165) is 74.2 Å². The van der Waals surface area contributed by atoms with Crippen LogP contribution in [-0.4, -0.2) is 51.3 Å². The fourth-order valence-electron chi connectivity index (χ4n) is 6.92. The molecule has 0 N–H and O–H groups in total. The molecule has 1 fully saturated rings. The second kappa shape index (κ2) is 23.5. The summed E-state index contributed by atoms with van der Waals surface area (Å²) in [5.41, 5.74) is 2.67. The Balaban J connectivity index is 1.03. The lowest BCUT2D eigenvalue weighted by Gasteiger charge is -2.38. The molecule has 0 amide bonds. The van der Waals surface area contributed by atoms with Gasteiger partial charge in [0.2, 0.25) is 11.9 Å². The van der Waals surface area contributed by atoms with E-state index < -0.39 is 0 Å². The number of hydrogen-bond donors (Lipinski definition) is 0. The summed E-state index contributed by atoms with van der Waals surface area (Å²) in [7, 11) is 1.94. The van der Waals surface area contributed by atoms with E-state index in [1.807, 2.05) is 48.4 Å². The van der Waals surface area contributed by atoms with Crippen molar-refractivity contribution in [1.29, 1.82) is 0 Å². The molecule has 0 bridgehead atoms. The summed E-state index contributed by atoms with van der Waals surface area (Å²) in [6.07, 6.45) is 34.3. The van der Waals surface area contributed by atoms with E-state index in [0.29, 0.717) is 18.9 Å². The van der Waals surface area contributed by atoms with E-state index in [4.69, 9.17) is 9.72 Å². The van der Waals surface area contributed by atoms with Crippen LogP contribution in [-0.2, 0) is 22.8 Å². The maximum Gasteiger partial charge on any atom is 0.307 e. The topological polar surface area (TPSA) is 85.5 Å². The third-order valence-corrected chi connectivity index (χ3v) is 10.2. The van der Waals surface area contributed by atoms with Gasteiger partial charge >= 0.3 is 5.97 Å².